The van der Waals surface area contributed by atoms with Crippen LogP contribution in [0.25, 0.3) is 66.0 Å². The second-order valence-corrected chi connectivity index (χ2v) is 11.7. The SMILES string of the molecule is [Pt].[Pt].[c-]1cccc2cc3sc[c-]c3cc12.[c-]1ccccc1-c1[c-]c(-c2ccccn2)ccc1.c1ccc(-c2cccc(-c3ccccn3)n2)nc1. The van der Waals surface area contributed by atoms with E-state index >= 15 is 0 Å². The van der Waals surface area contributed by atoms with Gasteiger partial charge in [-0.05, 0) is 42.5 Å². The molecule has 0 bridgehead atoms. The Labute approximate surface area is 330 Å². The Balaban J connectivity index is 0.000000147. The summed E-state index contributed by atoms with van der Waals surface area (Å²) in [5, 5.41) is 5.62. The molecule has 0 saturated carbocycles. The molecule has 4 nitrogen and oxygen atoms in total. The van der Waals surface area contributed by atoms with Crippen LogP contribution in [0.4, 0.5) is 0 Å². The predicted molar refractivity (Wildman–Crippen MR) is 200 cm³/mol. The zero-order valence-electron chi connectivity index (χ0n) is 27.0. The molecule has 0 radical (unpaired) electrons. The van der Waals surface area contributed by atoms with Crippen LogP contribution in [0.3, 0.4) is 0 Å². The summed E-state index contributed by atoms with van der Waals surface area (Å²) in [6, 6.07) is 60.8. The fourth-order valence-electron chi connectivity index (χ4n) is 5.12. The Kier molecular flexibility index (Phi) is 13.8. The van der Waals surface area contributed by atoms with Gasteiger partial charge in [0.25, 0.3) is 0 Å². The number of rotatable bonds is 4. The van der Waals surface area contributed by atoms with Crippen LogP contribution in [0.1, 0.15) is 0 Å². The molecule has 0 aliphatic rings. The van der Waals surface area contributed by atoms with Crippen LogP contribution in [-0.4, -0.2) is 19.9 Å². The van der Waals surface area contributed by atoms with Gasteiger partial charge in [0.1, 0.15) is 0 Å². The van der Waals surface area contributed by atoms with Crippen LogP contribution in [0.5, 0.6) is 0 Å². The van der Waals surface area contributed by atoms with Gasteiger partial charge in [0, 0.05) is 66.4 Å². The van der Waals surface area contributed by atoms with Gasteiger partial charge in [-0.3, -0.25) is 15.0 Å². The van der Waals surface area contributed by atoms with Crippen molar-refractivity contribution in [2.45, 2.75) is 0 Å². The van der Waals surface area contributed by atoms with Crippen LogP contribution in [0, 0.1) is 24.3 Å². The Hall–Kier alpha value is -4.92. The van der Waals surface area contributed by atoms with Crippen molar-refractivity contribution in [3.05, 3.63) is 194 Å². The van der Waals surface area contributed by atoms with E-state index < -0.39 is 0 Å². The topological polar surface area (TPSA) is 51.6 Å². The molecule has 0 fully saturated rings. The minimum Gasteiger partial charge on any atom is -0.295 e. The van der Waals surface area contributed by atoms with E-state index in [0.717, 1.165) is 45.2 Å². The first-order chi connectivity index (χ1) is 24.3. The molecule has 0 N–H and O–H groups in total. The van der Waals surface area contributed by atoms with E-state index in [-0.39, 0.29) is 42.1 Å². The molecule has 9 aromatic rings. The minimum absolute atomic E-state index is 0. The normalized spacial score (nSPS) is 10.0. The summed E-state index contributed by atoms with van der Waals surface area (Å²) in [5.41, 5.74) is 7.50. The largest absolute Gasteiger partial charge is 0.295 e. The van der Waals surface area contributed by atoms with Gasteiger partial charge < -0.3 is 0 Å². The summed E-state index contributed by atoms with van der Waals surface area (Å²) in [6.07, 6.45) is 5.33. The van der Waals surface area contributed by atoms with Gasteiger partial charge in [-0.2, -0.15) is 64.9 Å². The number of nitrogens with zero attached hydrogens (tertiary/aromatic N) is 4. The fourth-order valence-corrected chi connectivity index (χ4v) is 5.87. The van der Waals surface area contributed by atoms with E-state index in [1.807, 2.05) is 133 Å². The van der Waals surface area contributed by atoms with Gasteiger partial charge in [0.2, 0.25) is 0 Å². The Morgan fingerprint density at radius 1 is 0.431 bits per heavy atom. The summed E-state index contributed by atoms with van der Waals surface area (Å²) in [5.74, 6) is 0. The predicted octanol–water partition coefficient (Wildman–Crippen LogP) is 10.9. The number of hydrogen-bond acceptors (Lipinski definition) is 5. The standard InChI is InChI=1S/C17H11N.C15H11N3.C12H6S.2Pt/c1-2-7-14(8-3-1)15-9-6-10-16(13-15)17-11-4-5-12-18-17;1-3-10-16-12(6-1)14-8-5-9-15(18-14)13-7-2-4-11-17-13;1-2-4-10-8-12-11(5-6-13-12)7-9(10)3-1;;/h1-7,9-12H;1-11H;1-2,4,6-8H;;/q-2;;-2;;. The van der Waals surface area contributed by atoms with Crippen LogP contribution >= 0.6 is 11.3 Å². The molecule has 0 aliphatic carbocycles. The maximum Gasteiger partial charge on any atom is 0.0894 e. The first-order valence-electron chi connectivity index (χ1n) is 15.7. The summed E-state index contributed by atoms with van der Waals surface area (Å²) >= 11 is 1.73. The van der Waals surface area contributed by atoms with Crippen LogP contribution in [0.2, 0.25) is 0 Å². The van der Waals surface area contributed by atoms with Gasteiger partial charge in [-0.15, -0.1) is 59.5 Å². The summed E-state index contributed by atoms with van der Waals surface area (Å²) in [4.78, 5) is 17.5. The number of pyridine rings is 4. The van der Waals surface area contributed by atoms with Crippen molar-refractivity contribution in [2.75, 3.05) is 0 Å². The zero-order valence-corrected chi connectivity index (χ0v) is 32.4. The molecule has 0 unspecified atom stereocenters. The number of thiophene rings is 1. The fraction of sp³-hybridized carbons (Fsp3) is 0. The molecule has 0 amide bonds. The van der Waals surface area contributed by atoms with Gasteiger partial charge in [0.05, 0.1) is 22.8 Å². The first-order valence-corrected chi connectivity index (χ1v) is 16.6. The van der Waals surface area contributed by atoms with Gasteiger partial charge in [-0.25, -0.2) is 21.9 Å². The van der Waals surface area contributed by atoms with Crippen molar-refractivity contribution in [1.82, 2.24) is 19.9 Å². The van der Waals surface area contributed by atoms with Crippen molar-refractivity contribution in [3.8, 4) is 45.2 Å². The minimum atomic E-state index is 0. The molecule has 7 heteroatoms. The van der Waals surface area contributed by atoms with Gasteiger partial charge in [0.15, 0.2) is 0 Å². The van der Waals surface area contributed by atoms with E-state index in [4.69, 9.17) is 0 Å². The smallest absolute Gasteiger partial charge is 0.0894 e. The Morgan fingerprint density at radius 3 is 1.67 bits per heavy atom. The third-order valence-corrected chi connectivity index (χ3v) is 8.33. The summed E-state index contributed by atoms with van der Waals surface area (Å²) in [7, 11) is 0. The molecule has 0 saturated heterocycles. The maximum absolute atomic E-state index is 4.59. The molecule has 0 spiro atoms. The monoisotopic (exact) mass is 1030 g/mol. The number of aromatic nitrogens is 4. The number of hydrogen-bond donors (Lipinski definition) is 0. The van der Waals surface area contributed by atoms with E-state index in [1.165, 1.54) is 20.9 Å². The van der Waals surface area contributed by atoms with E-state index in [9.17, 15) is 0 Å². The van der Waals surface area contributed by atoms with Crippen molar-refractivity contribution >= 4 is 32.2 Å². The van der Waals surface area contributed by atoms with E-state index in [0.29, 0.717) is 0 Å². The molecule has 0 aliphatic heterocycles. The average molecular weight is 1030 g/mol. The Bertz CT molecular complexity index is 2110. The first kappa shape index (κ1) is 37.3. The van der Waals surface area contributed by atoms with Crippen LogP contribution in [0.15, 0.2) is 170 Å². The molecular weight excluding hydrogens is 1010 g/mol. The zero-order chi connectivity index (χ0) is 33.1. The second kappa shape index (κ2) is 18.9. The van der Waals surface area contributed by atoms with Gasteiger partial charge in [-0.1, -0.05) is 40.4 Å². The third kappa shape index (κ3) is 9.87. The van der Waals surface area contributed by atoms with Crippen molar-refractivity contribution in [3.63, 3.8) is 0 Å². The quantitative estimate of drug-likeness (QED) is 0.165. The molecular formula is C44H28N4Pt2S-4. The Morgan fingerprint density at radius 2 is 1.02 bits per heavy atom. The maximum atomic E-state index is 4.59. The average Bonchev–Trinajstić information content (AvgIpc) is 3.66. The van der Waals surface area contributed by atoms with E-state index in [2.05, 4.69) is 62.4 Å². The molecule has 5 heterocycles. The summed E-state index contributed by atoms with van der Waals surface area (Å²) in [6.45, 7) is 0. The van der Waals surface area contributed by atoms with Crippen LogP contribution in [-0.2, 0) is 42.1 Å². The number of benzene rings is 4. The molecule has 51 heavy (non-hydrogen) atoms. The molecule has 254 valence electrons. The second-order valence-electron chi connectivity index (χ2n) is 10.8. The molecule has 0 atom stereocenters. The van der Waals surface area contributed by atoms with Crippen molar-refractivity contribution < 1.29 is 42.1 Å². The molecule has 4 aromatic carbocycles. The molecule has 5 aromatic heterocycles. The molecule has 9 rings (SSSR count). The van der Waals surface area contributed by atoms with Crippen molar-refractivity contribution in [2.24, 2.45) is 0 Å². The van der Waals surface area contributed by atoms with E-state index in [1.54, 1.807) is 29.9 Å². The summed E-state index contributed by atoms with van der Waals surface area (Å²) < 4.78 is 1.30. The van der Waals surface area contributed by atoms with Crippen molar-refractivity contribution in [1.29, 1.82) is 0 Å². The van der Waals surface area contributed by atoms with Gasteiger partial charge >= 0.3 is 0 Å². The van der Waals surface area contributed by atoms with Crippen LogP contribution < -0.4 is 0 Å². The third-order valence-electron chi connectivity index (χ3n) is 7.50. The number of fused-ring (bicyclic) bond motifs is 2.